The van der Waals surface area contributed by atoms with Crippen molar-refractivity contribution >= 4 is 29.9 Å². The fraction of sp³-hybridized carbons (Fsp3) is 0.444. The quantitative estimate of drug-likeness (QED) is 0.426. The molecule has 0 saturated heterocycles. The van der Waals surface area contributed by atoms with Gasteiger partial charge in [-0.25, -0.2) is 0 Å². The maximum Gasteiger partial charge on any atom is 0.194 e. The molecule has 0 spiro atoms. The number of nitrogens with zero attached hydrogens (tertiary/aromatic N) is 4. The third kappa shape index (κ3) is 6.14. The third-order valence-electron chi connectivity index (χ3n) is 3.72. The summed E-state index contributed by atoms with van der Waals surface area (Å²) in [5.41, 5.74) is 3.81. The molecule has 132 valence electrons. The molecule has 0 atom stereocenters. The highest BCUT2D eigenvalue weighted by atomic mass is 127. The maximum atomic E-state index is 4.71. The third-order valence-corrected chi connectivity index (χ3v) is 3.72. The van der Waals surface area contributed by atoms with Gasteiger partial charge in [0.25, 0.3) is 0 Å². The summed E-state index contributed by atoms with van der Waals surface area (Å²) in [6.45, 7) is 9.49. The predicted molar refractivity (Wildman–Crippen MR) is 111 cm³/mol. The van der Waals surface area contributed by atoms with Gasteiger partial charge in [0.15, 0.2) is 5.96 Å². The molecule has 24 heavy (non-hydrogen) atoms. The first kappa shape index (κ1) is 20.5. The zero-order valence-corrected chi connectivity index (χ0v) is 17.3. The second-order valence-corrected chi connectivity index (χ2v) is 5.80. The number of hydrogen-bond donors (Lipinski definition) is 1. The molecule has 1 N–H and O–H groups in total. The Bertz CT molecular complexity index is 650. The Morgan fingerprint density at radius 2 is 2.04 bits per heavy atom. The number of aromatic nitrogens is 2. The Morgan fingerprint density at radius 1 is 1.29 bits per heavy atom. The van der Waals surface area contributed by atoms with Crippen molar-refractivity contribution in [1.82, 2.24) is 20.0 Å². The molecule has 6 heteroatoms. The fourth-order valence-electron chi connectivity index (χ4n) is 2.44. The van der Waals surface area contributed by atoms with E-state index in [-0.39, 0.29) is 24.0 Å². The minimum Gasteiger partial charge on any atom is -0.357 e. The van der Waals surface area contributed by atoms with E-state index in [4.69, 9.17) is 4.99 Å². The van der Waals surface area contributed by atoms with Crippen molar-refractivity contribution in [2.45, 2.75) is 33.9 Å². The summed E-state index contributed by atoms with van der Waals surface area (Å²) in [6, 6.07) is 8.47. The lowest BCUT2D eigenvalue weighted by Crippen LogP contribution is -2.38. The van der Waals surface area contributed by atoms with Gasteiger partial charge in [0.05, 0.1) is 19.3 Å². The van der Waals surface area contributed by atoms with Gasteiger partial charge in [-0.05, 0) is 37.5 Å². The first-order chi connectivity index (χ1) is 11.1. The molecule has 0 aliphatic carbocycles. The summed E-state index contributed by atoms with van der Waals surface area (Å²) in [5, 5.41) is 7.66. The molecular formula is C18H28IN5. The van der Waals surface area contributed by atoms with Crippen LogP contribution in [0.4, 0.5) is 0 Å². The lowest BCUT2D eigenvalue weighted by Gasteiger charge is -2.23. The summed E-state index contributed by atoms with van der Waals surface area (Å²) >= 11 is 0. The number of benzene rings is 1. The molecule has 0 amide bonds. The molecule has 1 heterocycles. The molecule has 0 unspecified atom stereocenters. The molecule has 0 bridgehead atoms. The van der Waals surface area contributed by atoms with Crippen molar-refractivity contribution in [2.24, 2.45) is 4.99 Å². The van der Waals surface area contributed by atoms with Gasteiger partial charge in [-0.2, -0.15) is 5.10 Å². The predicted octanol–water partition coefficient (Wildman–Crippen LogP) is 3.22. The smallest absolute Gasteiger partial charge is 0.194 e. The number of rotatable bonds is 6. The van der Waals surface area contributed by atoms with Crippen molar-refractivity contribution in [3.63, 3.8) is 0 Å². The monoisotopic (exact) mass is 441 g/mol. The molecule has 1 aromatic carbocycles. The Labute approximate surface area is 162 Å². The van der Waals surface area contributed by atoms with Crippen molar-refractivity contribution in [2.75, 3.05) is 20.1 Å². The molecule has 0 saturated carbocycles. The topological polar surface area (TPSA) is 45.5 Å². The van der Waals surface area contributed by atoms with Crippen molar-refractivity contribution in [3.8, 4) is 0 Å². The van der Waals surface area contributed by atoms with Crippen LogP contribution in [0.1, 0.15) is 23.6 Å². The number of aryl methyl sites for hydroxylation is 2. The molecule has 1 aromatic heterocycles. The molecule has 0 aliphatic heterocycles. The Hall–Kier alpha value is -1.57. The summed E-state index contributed by atoms with van der Waals surface area (Å²) in [7, 11) is 2.08. The van der Waals surface area contributed by atoms with Crippen LogP contribution in [0.25, 0.3) is 0 Å². The molecule has 2 rings (SSSR count). The molecule has 0 radical (unpaired) electrons. The number of aliphatic imine (C=N–C) groups is 1. The van der Waals surface area contributed by atoms with Gasteiger partial charge < -0.3 is 10.2 Å². The van der Waals surface area contributed by atoms with E-state index >= 15 is 0 Å². The van der Waals surface area contributed by atoms with Crippen LogP contribution in [0.15, 0.2) is 41.7 Å². The molecule has 0 aliphatic rings. The summed E-state index contributed by atoms with van der Waals surface area (Å²) in [4.78, 5) is 6.88. The van der Waals surface area contributed by atoms with Crippen LogP contribution in [0, 0.1) is 13.8 Å². The number of guanidine groups is 1. The van der Waals surface area contributed by atoms with Crippen LogP contribution < -0.4 is 5.32 Å². The van der Waals surface area contributed by atoms with Crippen LogP contribution in [0.2, 0.25) is 0 Å². The second kappa shape index (κ2) is 10.3. The zero-order valence-electron chi connectivity index (χ0n) is 15.0. The van der Waals surface area contributed by atoms with Gasteiger partial charge in [-0.1, -0.05) is 24.3 Å². The van der Waals surface area contributed by atoms with E-state index in [2.05, 4.69) is 60.5 Å². The van der Waals surface area contributed by atoms with Crippen LogP contribution in [-0.4, -0.2) is 40.8 Å². The van der Waals surface area contributed by atoms with E-state index < -0.39 is 0 Å². The van der Waals surface area contributed by atoms with Crippen molar-refractivity contribution in [1.29, 1.82) is 0 Å². The number of nitrogens with one attached hydrogen (secondary N) is 1. The largest absolute Gasteiger partial charge is 0.357 e. The Morgan fingerprint density at radius 3 is 2.67 bits per heavy atom. The first-order valence-corrected chi connectivity index (χ1v) is 8.13. The lowest BCUT2D eigenvalue weighted by atomic mass is 10.1. The van der Waals surface area contributed by atoms with Crippen LogP contribution in [0.3, 0.4) is 0 Å². The van der Waals surface area contributed by atoms with E-state index in [1.165, 1.54) is 16.7 Å². The molecular weight excluding hydrogens is 413 g/mol. The van der Waals surface area contributed by atoms with Crippen molar-refractivity contribution in [3.05, 3.63) is 53.3 Å². The van der Waals surface area contributed by atoms with Gasteiger partial charge in [0.1, 0.15) is 0 Å². The molecule has 2 aromatic rings. The van der Waals surface area contributed by atoms with Gasteiger partial charge in [-0.3, -0.25) is 9.67 Å². The lowest BCUT2D eigenvalue weighted by molar-refractivity contribution is 0.473. The molecule has 5 nitrogen and oxygen atoms in total. The standard InChI is InChI=1S/C18H27N5.HI/c1-5-19-18(20-10-11-23-13-15(2)12-21-23)22(4)14-17-9-7-6-8-16(17)3;/h6-9,12-13H,5,10-11,14H2,1-4H3,(H,19,20);1H. The van der Waals surface area contributed by atoms with E-state index in [0.29, 0.717) is 6.54 Å². The maximum absolute atomic E-state index is 4.71. The van der Waals surface area contributed by atoms with Gasteiger partial charge in [0.2, 0.25) is 0 Å². The van der Waals surface area contributed by atoms with Gasteiger partial charge >= 0.3 is 0 Å². The summed E-state index contributed by atoms with van der Waals surface area (Å²) in [5.74, 6) is 0.930. The fourth-order valence-corrected chi connectivity index (χ4v) is 2.44. The van der Waals surface area contributed by atoms with Crippen LogP contribution in [0.5, 0.6) is 0 Å². The second-order valence-electron chi connectivity index (χ2n) is 5.80. The van der Waals surface area contributed by atoms with E-state index in [0.717, 1.165) is 25.6 Å². The van der Waals surface area contributed by atoms with Crippen LogP contribution in [-0.2, 0) is 13.1 Å². The average Bonchev–Trinajstić information content (AvgIpc) is 2.94. The number of halogens is 1. The van der Waals surface area contributed by atoms with Crippen molar-refractivity contribution < 1.29 is 0 Å². The van der Waals surface area contributed by atoms with Gasteiger partial charge in [0, 0.05) is 26.3 Å². The summed E-state index contributed by atoms with van der Waals surface area (Å²) in [6.07, 6.45) is 3.92. The minimum atomic E-state index is 0. The van der Waals surface area contributed by atoms with E-state index in [1.807, 2.05) is 24.0 Å². The summed E-state index contributed by atoms with van der Waals surface area (Å²) < 4.78 is 1.93. The minimum absolute atomic E-state index is 0. The molecule has 0 fully saturated rings. The Kier molecular flexibility index (Phi) is 8.81. The van der Waals surface area contributed by atoms with E-state index in [1.54, 1.807) is 0 Å². The number of hydrogen-bond acceptors (Lipinski definition) is 2. The normalized spacial score (nSPS) is 11.1. The Balaban J connectivity index is 0.00000288. The highest BCUT2D eigenvalue weighted by molar-refractivity contribution is 14.0. The first-order valence-electron chi connectivity index (χ1n) is 8.13. The SMILES string of the molecule is CCNC(=NCCn1cc(C)cn1)N(C)Cc1ccccc1C.I. The average molecular weight is 441 g/mol. The van der Waals surface area contributed by atoms with Gasteiger partial charge in [-0.15, -0.1) is 24.0 Å². The van der Waals surface area contributed by atoms with Crippen LogP contribution >= 0.6 is 24.0 Å². The van der Waals surface area contributed by atoms with E-state index in [9.17, 15) is 0 Å². The highest BCUT2D eigenvalue weighted by Crippen LogP contribution is 2.09. The highest BCUT2D eigenvalue weighted by Gasteiger charge is 2.07. The zero-order chi connectivity index (χ0) is 16.7.